The van der Waals surface area contributed by atoms with Crippen molar-refractivity contribution in [1.82, 2.24) is 0 Å². The van der Waals surface area contributed by atoms with Crippen LogP contribution in [0.1, 0.15) is 27.0 Å². The van der Waals surface area contributed by atoms with Crippen molar-refractivity contribution in [2.75, 3.05) is 6.26 Å². The third-order valence-electron chi connectivity index (χ3n) is 3.51. The molecule has 0 radical (unpaired) electrons. The lowest BCUT2D eigenvalue weighted by molar-refractivity contribution is 0.104. The maximum absolute atomic E-state index is 12.1. The van der Waals surface area contributed by atoms with Gasteiger partial charge < -0.3 is 5.11 Å². The van der Waals surface area contributed by atoms with Gasteiger partial charge in [-0.05, 0) is 73.0 Å². The van der Waals surface area contributed by atoms with Crippen molar-refractivity contribution in [3.8, 4) is 5.75 Å². The number of phenolic OH excluding ortho intramolecular Hbond substituents is 1. The number of benzene rings is 2. The Bertz CT molecular complexity index is 853. The summed E-state index contributed by atoms with van der Waals surface area (Å²) in [5.74, 6) is 0.0401. The largest absolute Gasteiger partial charge is 0.507 e. The van der Waals surface area contributed by atoms with E-state index < -0.39 is 9.84 Å². The maximum atomic E-state index is 12.1. The average Bonchev–Trinajstić information content (AvgIpc) is 2.49. The van der Waals surface area contributed by atoms with Crippen molar-refractivity contribution < 1.29 is 18.3 Å². The molecule has 0 saturated heterocycles. The molecule has 2 aromatic rings. The van der Waals surface area contributed by atoms with Gasteiger partial charge in [0.1, 0.15) is 5.75 Å². The molecule has 1 N–H and O–H groups in total. The molecule has 0 heterocycles. The highest BCUT2D eigenvalue weighted by molar-refractivity contribution is 7.90. The van der Waals surface area contributed by atoms with Crippen LogP contribution in [0.4, 0.5) is 0 Å². The van der Waals surface area contributed by atoms with Gasteiger partial charge in [0.25, 0.3) is 0 Å². The van der Waals surface area contributed by atoms with Crippen LogP contribution in [0.3, 0.4) is 0 Å². The monoisotopic (exact) mass is 330 g/mol. The standard InChI is InChI=1S/C18H18O4S/c1-12-10-14(11-13(2)18(12)20)4-9-17(19)15-5-7-16(8-6-15)23(3,21)22/h4-11,20H,1-3H3. The molecule has 0 unspecified atom stereocenters. The Morgan fingerprint density at radius 2 is 1.57 bits per heavy atom. The number of sulfone groups is 1. The van der Waals surface area contributed by atoms with Crippen LogP contribution >= 0.6 is 0 Å². The second-order valence-corrected chi connectivity index (χ2v) is 7.51. The lowest BCUT2D eigenvalue weighted by Gasteiger charge is -2.04. The predicted octanol–water partition coefficient (Wildman–Crippen LogP) is 3.31. The second-order valence-electron chi connectivity index (χ2n) is 5.50. The van der Waals surface area contributed by atoms with Gasteiger partial charge in [-0.2, -0.15) is 0 Å². The van der Waals surface area contributed by atoms with Gasteiger partial charge in [-0.1, -0.05) is 6.08 Å². The fourth-order valence-corrected chi connectivity index (χ4v) is 2.85. The number of allylic oxidation sites excluding steroid dienone is 1. The molecule has 120 valence electrons. The summed E-state index contributed by atoms with van der Waals surface area (Å²) in [5.41, 5.74) is 2.73. The lowest BCUT2D eigenvalue weighted by Crippen LogP contribution is -1.99. The lowest BCUT2D eigenvalue weighted by atomic mass is 10.0. The highest BCUT2D eigenvalue weighted by Crippen LogP contribution is 2.23. The van der Waals surface area contributed by atoms with E-state index in [1.54, 1.807) is 32.1 Å². The van der Waals surface area contributed by atoms with Crippen molar-refractivity contribution in [1.29, 1.82) is 0 Å². The first kappa shape index (κ1) is 17.0. The van der Waals surface area contributed by atoms with Crippen molar-refractivity contribution in [3.05, 3.63) is 64.7 Å². The van der Waals surface area contributed by atoms with Crippen molar-refractivity contribution in [2.24, 2.45) is 0 Å². The van der Waals surface area contributed by atoms with Crippen LogP contribution in [0.5, 0.6) is 5.75 Å². The molecule has 0 aliphatic carbocycles. The molecule has 0 fully saturated rings. The molecule has 0 atom stereocenters. The quantitative estimate of drug-likeness (QED) is 0.689. The van der Waals surface area contributed by atoms with E-state index in [1.165, 1.54) is 30.3 Å². The third kappa shape index (κ3) is 4.07. The molecule has 2 rings (SSSR count). The first-order valence-electron chi connectivity index (χ1n) is 7.01. The SMILES string of the molecule is Cc1cc(C=CC(=O)c2ccc(S(C)(=O)=O)cc2)cc(C)c1O. The van der Waals surface area contributed by atoms with Crippen LogP contribution in [0, 0.1) is 13.8 Å². The Morgan fingerprint density at radius 1 is 1.04 bits per heavy atom. The minimum absolute atomic E-state index is 0.183. The predicted molar refractivity (Wildman–Crippen MR) is 90.5 cm³/mol. The number of aryl methyl sites for hydroxylation is 2. The van der Waals surface area contributed by atoms with Crippen LogP contribution in [0.2, 0.25) is 0 Å². The number of carbonyl (C=O) groups excluding carboxylic acids is 1. The number of hydrogen-bond donors (Lipinski definition) is 1. The summed E-state index contributed by atoms with van der Waals surface area (Å²) in [6, 6.07) is 9.42. The third-order valence-corrected chi connectivity index (χ3v) is 4.64. The van der Waals surface area contributed by atoms with Crippen molar-refractivity contribution in [2.45, 2.75) is 18.7 Å². The van der Waals surface area contributed by atoms with Crippen molar-refractivity contribution in [3.63, 3.8) is 0 Å². The normalized spacial score (nSPS) is 11.8. The maximum Gasteiger partial charge on any atom is 0.185 e. The summed E-state index contributed by atoms with van der Waals surface area (Å²) in [4.78, 5) is 12.3. The van der Waals surface area contributed by atoms with Gasteiger partial charge in [-0.3, -0.25) is 4.79 Å². The van der Waals surface area contributed by atoms with E-state index in [2.05, 4.69) is 0 Å². The first-order valence-corrected chi connectivity index (χ1v) is 8.90. The summed E-state index contributed by atoms with van der Waals surface area (Å²) in [5, 5.41) is 9.74. The summed E-state index contributed by atoms with van der Waals surface area (Å²) in [6.07, 6.45) is 4.23. The molecule has 0 aromatic heterocycles. The minimum Gasteiger partial charge on any atom is -0.507 e. The van der Waals surface area contributed by atoms with Crippen LogP contribution in [0.25, 0.3) is 6.08 Å². The van der Waals surface area contributed by atoms with E-state index >= 15 is 0 Å². The second kappa shape index (κ2) is 6.38. The average molecular weight is 330 g/mol. The van der Waals surface area contributed by atoms with E-state index in [9.17, 15) is 18.3 Å². The van der Waals surface area contributed by atoms with Crippen LogP contribution in [-0.2, 0) is 9.84 Å². The number of phenols is 1. The molecule has 23 heavy (non-hydrogen) atoms. The fraction of sp³-hybridized carbons (Fsp3) is 0.167. The van der Waals surface area contributed by atoms with Gasteiger partial charge >= 0.3 is 0 Å². The van der Waals surface area contributed by atoms with E-state index in [1.807, 2.05) is 0 Å². The number of carbonyl (C=O) groups is 1. The molecule has 0 saturated carbocycles. The van der Waals surface area contributed by atoms with E-state index in [-0.39, 0.29) is 16.4 Å². The number of ketones is 1. The van der Waals surface area contributed by atoms with Crippen LogP contribution in [0.15, 0.2) is 47.4 Å². The van der Waals surface area contributed by atoms with E-state index in [4.69, 9.17) is 0 Å². The molecule has 0 spiro atoms. The van der Waals surface area contributed by atoms with Gasteiger partial charge in [0.05, 0.1) is 4.90 Å². The number of aromatic hydroxyl groups is 1. The molecule has 4 nitrogen and oxygen atoms in total. The Morgan fingerprint density at radius 3 is 2.04 bits per heavy atom. The Balaban J connectivity index is 2.22. The molecular formula is C18H18O4S. The molecule has 0 bridgehead atoms. The molecule has 2 aromatic carbocycles. The fourth-order valence-electron chi connectivity index (χ4n) is 2.22. The van der Waals surface area contributed by atoms with E-state index in [0.29, 0.717) is 5.56 Å². The van der Waals surface area contributed by atoms with Crippen molar-refractivity contribution >= 4 is 21.7 Å². The summed E-state index contributed by atoms with van der Waals surface area (Å²) in [6.45, 7) is 3.59. The Labute approximate surface area is 136 Å². The number of rotatable bonds is 4. The minimum atomic E-state index is -3.27. The molecule has 5 heteroatoms. The molecule has 0 aliphatic heterocycles. The highest BCUT2D eigenvalue weighted by Gasteiger charge is 2.08. The van der Waals surface area contributed by atoms with Gasteiger partial charge in [0, 0.05) is 11.8 Å². The summed E-state index contributed by atoms with van der Waals surface area (Å²) >= 11 is 0. The molecule has 0 amide bonds. The highest BCUT2D eigenvalue weighted by atomic mass is 32.2. The van der Waals surface area contributed by atoms with Gasteiger partial charge in [0.15, 0.2) is 15.6 Å². The summed E-state index contributed by atoms with van der Waals surface area (Å²) < 4.78 is 22.8. The smallest absolute Gasteiger partial charge is 0.185 e. The first-order chi connectivity index (χ1) is 10.7. The van der Waals surface area contributed by atoms with Gasteiger partial charge in [-0.25, -0.2) is 8.42 Å². The zero-order chi connectivity index (χ0) is 17.2. The van der Waals surface area contributed by atoms with Gasteiger partial charge in [0.2, 0.25) is 0 Å². The van der Waals surface area contributed by atoms with Crippen LogP contribution in [-0.4, -0.2) is 25.6 Å². The topological polar surface area (TPSA) is 71.4 Å². The zero-order valence-electron chi connectivity index (χ0n) is 13.2. The van der Waals surface area contributed by atoms with Crippen LogP contribution < -0.4 is 0 Å². The summed E-state index contributed by atoms with van der Waals surface area (Å²) in [7, 11) is -3.27. The Hall–Kier alpha value is -2.40. The van der Waals surface area contributed by atoms with E-state index in [0.717, 1.165) is 22.9 Å². The number of hydrogen-bond acceptors (Lipinski definition) is 4. The molecule has 0 aliphatic rings. The molecular weight excluding hydrogens is 312 g/mol. The van der Waals surface area contributed by atoms with Gasteiger partial charge in [-0.15, -0.1) is 0 Å². The zero-order valence-corrected chi connectivity index (χ0v) is 14.0. The Kier molecular flexibility index (Phi) is 4.71.